The molecule has 35 heavy (non-hydrogen) atoms. The van der Waals surface area contributed by atoms with E-state index >= 15 is 0 Å². The van der Waals surface area contributed by atoms with E-state index in [-0.39, 0.29) is 5.91 Å². The minimum Gasteiger partial charge on any atom is -0.481 e. The van der Waals surface area contributed by atoms with E-state index in [1.54, 1.807) is 23.0 Å². The molecule has 0 spiro atoms. The number of carboxylic acids is 2. The zero-order valence-corrected chi connectivity index (χ0v) is 23.7. The van der Waals surface area contributed by atoms with Crippen LogP contribution in [0.5, 0.6) is 0 Å². The standard InChI is InChI=1S/C26H49IN2O6/c27-35-29-23(26(33)34)19-17-18-22-28-24(30)20-15-13-11-9-7-5-3-1-2-4-6-8-10-12-14-16-21-25(31)32/h23,29H,1-22H2,(H,28,30)(H,31,32)(H,33,34)/t23-/m0/s1. The van der Waals surface area contributed by atoms with Gasteiger partial charge in [0.1, 0.15) is 29.0 Å². The summed E-state index contributed by atoms with van der Waals surface area (Å²) in [6.45, 7) is 0.588. The third kappa shape index (κ3) is 25.9. The SMILES string of the molecule is O=C(O)CCCCCCCCCCCCCCCCCCC(=O)NCCCC[C@H](NOI)C(=O)O. The molecule has 0 aromatic carbocycles. The Morgan fingerprint density at radius 1 is 0.629 bits per heavy atom. The third-order valence-electron chi connectivity index (χ3n) is 6.27. The van der Waals surface area contributed by atoms with E-state index in [1.165, 1.54) is 77.0 Å². The van der Waals surface area contributed by atoms with Crippen LogP contribution in [0.3, 0.4) is 0 Å². The van der Waals surface area contributed by atoms with Crippen molar-refractivity contribution in [2.45, 2.75) is 141 Å². The van der Waals surface area contributed by atoms with Crippen molar-refractivity contribution in [1.82, 2.24) is 10.8 Å². The number of carboxylic acid groups (broad SMARTS) is 2. The van der Waals surface area contributed by atoms with Crippen LogP contribution in [0.4, 0.5) is 0 Å². The first-order valence-corrected chi connectivity index (χ1v) is 14.6. The van der Waals surface area contributed by atoms with E-state index in [0.717, 1.165) is 32.1 Å². The number of unbranched alkanes of at least 4 members (excludes halogenated alkanes) is 16. The highest BCUT2D eigenvalue weighted by atomic mass is 127. The Labute approximate surface area is 226 Å². The minimum absolute atomic E-state index is 0.0895. The summed E-state index contributed by atoms with van der Waals surface area (Å²) in [6.07, 6.45) is 22.1. The first kappa shape index (κ1) is 34.1. The second-order valence-electron chi connectivity index (χ2n) is 9.48. The van der Waals surface area contributed by atoms with E-state index in [2.05, 4.69) is 14.0 Å². The van der Waals surface area contributed by atoms with Gasteiger partial charge in [-0.3, -0.25) is 14.4 Å². The number of carbonyl (C=O) groups excluding carboxylic acids is 1. The fourth-order valence-electron chi connectivity index (χ4n) is 4.11. The molecule has 0 radical (unpaired) electrons. The second-order valence-corrected chi connectivity index (χ2v) is 9.92. The molecule has 0 aliphatic rings. The topological polar surface area (TPSA) is 125 Å². The van der Waals surface area contributed by atoms with Gasteiger partial charge in [-0.2, -0.15) is 5.48 Å². The van der Waals surface area contributed by atoms with Gasteiger partial charge in [-0.1, -0.05) is 89.9 Å². The molecule has 8 nitrogen and oxygen atoms in total. The Bertz CT molecular complexity index is 536. The van der Waals surface area contributed by atoms with Gasteiger partial charge in [0.2, 0.25) is 5.91 Å². The Balaban J connectivity index is 3.27. The Morgan fingerprint density at radius 3 is 1.46 bits per heavy atom. The summed E-state index contributed by atoms with van der Waals surface area (Å²) in [5, 5.41) is 20.5. The Kier molecular flexibility index (Phi) is 25.4. The number of hydroxylamine groups is 1. The molecule has 0 unspecified atom stereocenters. The highest BCUT2D eigenvalue weighted by Gasteiger charge is 2.16. The summed E-state index contributed by atoms with van der Waals surface area (Å²) < 4.78 is 4.65. The summed E-state index contributed by atoms with van der Waals surface area (Å²) in [5.41, 5.74) is 2.45. The van der Waals surface area contributed by atoms with Crippen LogP contribution in [0, 0.1) is 0 Å². The van der Waals surface area contributed by atoms with E-state index in [9.17, 15) is 14.4 Å². The lowest BCUT2D eigenvalue weighted by Gasteiger charge is -2.11. The van der Waals surface area contributed by atoms with E-state index in [0.29, 0.717) is 32.2 Å². The predicted molar refractivity (Wildman–Crippen MR) is 147 cm³/mol. The van der Waals surface area contributed by atoms with E-state index in [4.69, 9.17) is 10.2 Å². The number of aliphatic carboxylic acids is 2. The van der Waals surface area contributed by atoms with Gasteiger partial charge in [-0.25, -0.2) is 3.17 Å². The quantitative estimate of drug-likeness (QED) is 0.0462. The molecule has 0 bridgehead atoms. The highest BCUT2D eigenvalue weighted by molar-refractivity contribution is 14.1. The first-order chi connectivity index (χ1) is 17.0. The molecule has 0 aliphatic carbocycles. The van der Waals surface area contributed by atoms with Gasteiger partial charge in [-0.05, 0) is 32.1 Å². The summed E-state index contributed by atoms with van der Waals surface area (Å²) >= 11 is 1.61. The van der Waals surface area contributed by atoms with Crippen molar-refractivity contribution >= 4 is 40.9 Å². The number of amides is 1. The summed E-state index contributed by atoms with van der Waals surface area (Å²) in [7, 11) is 0. The lowest BCUT2D eigenvalue weighted by Crippen LogP contribution is -2.34. The molecule has 0 aromatic heterocycles. The van der Waals surface area contributed by atoms with Crippen molar-refractivity contribution in [2.24, 2.45) is 0 Å². The zero-order valence-electron chi connectivity index (χ0n) is 21.5. The van der Waals surface area contributed by atoms with Crippen molar-refractivity contribution in [1.29, 1.82) is 0 Å². The fraction of sp³-hybridized carbons (Fsp3) is 0.885. The fourth-order valence-corrected chi connectivity index (χ4v) is 4.42. The number of nitrogens with one attached hydrogen (secondary N) is 2. The monoisotopic (exact) mass is 612 g/mol. The molecule has 206 valence electrons. The number of hydrogen-bond donors (Lipinski definition) is 4. The first-order valence-electron chi connectivity index (χ1n) is 13.7. The van der Waals surface area contributed by atoms with Crippen LogP contribution in [0.25, 0.3) is 0 Å². The maximum Gasteiger partial charge on any atom is 0.323 e. The number of hydrogen-bond acceptors (Lipinski definition) is 5. The maximum atomic E-state index is 11.9. The van der Waals surface area contributed by atoms with Crippen LogP contribution in [0.1, 0.15) is 135 Å². The smallest absolute Gasteiger partial charge is 0.323 e. The van der Waals surface area contributed by atoms with Crippen molar-refractivity contribution in [3.8, 4) is 0 Å². The largest absolute Gasteiger partial charge is 0.481 e. The molecule has 1 amide bonds. The summed E-state index contributed by atoms with van der Waals surface area (Å²) in [5.74, 6) is -1.52. The molecule has 4 N–H and O–H groups in total. The van der Waals surface area contributed by atoms with Crippen molar-refractivity contribution in [3.05, 3.63) is 0 Å². The van der Waals surface area contributed by atoms with Gasteiger partial charge in [0, 0.05) is 19.4 Å². The van der Waals surface area contributed by atoms with Crippen LogP contribution in [0.2, 0.25) is 0 Å². The lowest BCUT2D eigenvalue weighted by atomic mass is 10.0. The van der Waals surface area contributed by atoms with Crippen LogP contribution in [0.15, 0.2) is 0 Å². The minimum atomic E-state index is -0.934. The maximum absolute atomic E-state index is 11.9. The highest BCUT2D eigenvalue weighted by Crippen LogP contribution is 2.14. The predicted octanol–water partition coefficient (Wildman–Crippen LogP) is 6.70. The number of rotatable bonds is 27. The summed E-state index contributed by atoms with van der Waals surface area (Å²) in [6, 6.07) is -0.715. The molecular formula is C26H49IN2O6. The molecule has 0 fully saturated rings. The second kappa shape index (κ2) is 26.1. The average Bonchev–Trinajstić information content (AvgIpc) is 2.82. The van der Waals surface area contributed by atoms with Crippen molar-refractivity contribution in [2.75, 3.05) is 6.54 Å². The zero-order chi connectivity index (χ0) is 26.0. The molecule has 0 heterocycles. The molecule has 9 heteroatoms. The third-order valence-corrected chi connectivity index (χ3v) is 6.53. The molecule has 0 aliphatic heterocycles. The average molecular weight is 613 g/mol. The molecule has 0 saturated heterocycles. The van der Waals surface area contributed by atoms with Crippen LogP contribution in [-0.4, -0.2) is 40.6 Å². The molecular weight excluding hydrogens is 563 g/mol. The van der Waals surface area contributed by atoms with Gasteiger partial charge in [0.15, 0.2) is 0 Å². The normalized spacial score (nSPS) is 11.9. The molecule has 0 rings (SSSR count). The van der Waals surface area contributed by atoms with Crippen LogP contribution in [-0.2, 0) is 17.6 Å². The van der Waals surface area contributed by atoms with Gasteiger partial charge in [0.05, 0.1) is 0 Å². The lowest BCUT2D eigenvalue weighted by molar-refractivity contribution is -0.141. The van der Waals surface area contributed by atoms with Gasteiger partial charge in [0.25, 0.3) is 0 Å². The Morgan fingerprint density at radius 2 is 1.06 bits per heavy atom. The molecule has 0 aromatic rings. The van der Waals surface area contributed by atoms with Crippen LogP contribution >= 0.6 is 23.0 Å². The van der Waals surface area contributed by atoms with Crippen molar-refractivity contribution < 1.29 is 27.8 Å². The van der Waals surface area contributed by atoms with Gasteiger partial charge in [-0.15, -0.1) is 0 Å². The van der Waals surface area contributed by atoms with Crippen LogP contribution < -0.4 is 10.8 Å². The number of carbonyl (C=O) groups is 3. The number of halogens is 1. The Hall–Kier alpha value is -0.940. The molecule has 1 atom stereocenters. The van der Waals surface area contributed by atoms with Gasteiger partial charge < -0.3 is 15.5 Å². The van der Waals surface area contributed by atoms with E-state index < -0.39 is 18.0 Å². The van der Waals surface area contributed by atoms with Crippen molar-refractivity contribution in [3.63, 3.8) is 0 Å². The van der Waals surface area contributed by atoms with Gasteiger partial charge >= 0.3 is 11.9 Å². The summed E-state index contributed by atoms with van der Waals surface area (Å²) in [4.78, 5) is 33.3. The van der Waals surface area contributed by atoms with E-state index in [1.807, 2.05) is 0 Å². The molecule has 0 saturated carbocycles.